The minimum atomic E-state index is -1.01. The van der Waals surface area contributed by atoms with Crippen LogP contribution in [0.3, 0.4) is 0 Å². The van der Waals surface area contributed by atoms with E-state index in [1.165, 1.54) is 0 Å². The number of thioether (sulfide) groups is 1. The van der Waals surface area contributed by atoms with Crippen LogP contribution in [0.4, 0.5) is 0 Å². The van der Waals surface area contributed by atoms with Crippen molar-refractivity contribution in [2.75, 3.05) is 12.0 Å². The lowest BCUT2D eigenvalue weighted by atomic mass is 10.1. The Bertz CT molecular complexity index is 479. The van der Waals surface area contributed by atoms with E-state index in [2.05, 4.69) is 21.2 Å². The van der Waals surface area contributed by atoms with E-state index >= 15 is 0 Å². The molecule has 6 heteroatoms. The number of aryl methyl sites for hydroxylation is 1. The number of carbonyl (C=O) groups excluding carboxylic acids is 1. The molecule has 0 aliphatic carbocycles. The molecule has 2 N–H and O–H groups in total. The molecular weight excluding hydrogens is 330 g/mol. The van der Waals surface area contributed by atoms with Crippen molar-refractivity contribution in [2.45, 2.75) is 19.4 Å². The van der Waals surface area contributed by atoms with E-state index < -0.39 is 12.0 Å². The van der Waals surface area contributed by atoms with Crippen LogP contribution in [0, 0.1) is 6.92 Å². The second kappa shape index (κ2) is 7.55. The Kier molecular flexibility index (Phi) is 6.37. The van der Waals surface area contributed by atoms with E-state index in [4.69, 9.17) is 5.11 Å². The van der Waals surface area contributed by atoms with Gasteiger partial charge >= 0.3 is 5.97 Å². The number of amides is 1. The molecule has 1 atom stereocenters. The highest BCUT2D eigenvalue weighted by Gasteiger charge is 2.21. The van der Waals surface area contributed by atoms with Gasteiger partial charge in [0.05, 0.1) is 5.56 Å². The topological polar surface area (TPSA) is 66.4 Å². The third-order valence-electron chi connectivity index (χ3n) is 2.58. The van der Waals surface area contributed by atoms with Crippen LogP contribution >= 0.6 is 27.7 Å². The average Bonchev–Trinajstić information content (AvgIpc) is 2.36. The van der Waals surface area contributed by atoms with Crippen LogP contribution in [0.2, 0.25) is 0 Å². The average molecular weight is 346 g/mol. The zero-order valence-corrected chi connectivity index (χ0v) is 13.2. The van der Waals surface area contributed by atoms with E-state index in [1.54, 1.807) is 23.9 Å². The summed E-state index contributed by atoms with van der Waals surface area (Å²) >= 11 is 4.85. The zero-order chi connectivity index (χ0) is 14.4. The van der Waals surface area contributed by atoms with Gasteiger partial charge in [0.25, 0.3) is 5.91 Å². The minimum absolute atomic E-state index is 0.371. The van der Waals surface area contributed by atoms with E-state index in [-0.39, 0.29) is 5.91 Å². The van der Waals surface area contributed by atoms with Gasteiger partial charge < -0.3 is 10.4 Å². The van der Waals surface area contributed by atoms with Crippen molar-refractivity contribution in [1.82, 2.24) is 5.32 Å². The maximum absolute atomic E-state index is 12.1. The molecule has 104 valence electrons. The highest BCUT2D eigenvalue weighted by Crippen LogP contribution is 2.18. The number of carbonyl (C=O) groups is 2. The Balaban J connectivity index is 2.81. The van der Waals surface area contributed by atoms with Crippen molar-refractivity contribution in [2.24, 2.45) is 0 Å². The zero-order valence-electron chi connectivity index (χ0n) is 10.8. The van der Waals surface area contributed by atoms with Crippen molar-refractivity contribution in [1.29, 1.82) is 0 Å². The van der Waals surface area contributed by atoms with E-state index in [0.717, 1.165) is 5.56 Å². The summed E-state index contributed by atoms with van der Waals surface area (Å²) in [6.45, 7) is 1.88. The first-order valence-electron chi connectivity index (χ1n) is 5.74. The molecule has 1 aromatic carbocycles. The van der Waals surface area contributed by atoms with Gasteiger partial charge in [-0.05, 0) is 53.4 Å². The van der Waals surface area contributed by atoms with E-state index in [1.807, 2.05) is 19.2 Å². The number of rotatable bonds is 6. The quantitative estimate of drug-likeness (QED) is 0.831. The summed E-state index contributed by atoms with van der Waals surface area (Å²) in [5, 5.41) is 11.6. The molecule has 4 nitrogen and oxygen atoms in total. The van der Waals surface area contributed by atoms with Crippen LogP contribution in [0.1, 0.15) is 22.3 Å². The third kappa shape index (κ3) is 4.87. The number of nitrogens with one attached hydrogen (secondary N) is 1. The fourth-order valence-electron chi connectivity index (χ4n) is 1.54. The number of aliphatic carboxylic acids is 1. The summed E-state index contributed by atoms with van der Waals surface area (Å²) in [4.78, 5) is 23.2. The first-order chi connectivity index (χ1) is 8.95. The molecule has 0 saturated carbocycles. The molecule has 1 rings (SSSR count). The largest absolute Gasteiger partial charge is 0.480 e. The Hall–Kier alpha value is -1.01. The maximum atomic E-state index is 12.1. The summed E-state index contributed by atoms with van der Waals surface area (Å²) in [7, 11) is 0. The predicted octanol–water partition coefficient (Wildman–Crippen LogP) is 2.69. The molecule has 0 aliphatic heterocycles. The van der Waals surface area contributed by atoms with Crippen LogP contribution in [0.15, 0.2) is 22.7 Å². The lowest BCUT2D eigenvalue weighted by Gasteiger charge is -2.14. The molecule has 0 aromatic heterocycles. The molecule has 0 bridgehead atoms. The molecule has 0 spiro atoms. The number of carboxylic acid groups (broad SMARTS) is 1. The molecule has 0 fully saturated rings. The monoisotopic (exact) mass is 345 g/mol. The number of hydrogen-bond donors (Lipinski definition) is 2. The van der Waals surface area contributed by atoms with E-state index in [9.17, 15) is 9.59 Å². The summed E-state index contributed by atoms with van der Waals surface area (Å²) in [5.41, 5.74) is 1.40. The van der Waals surface area contributed by atoms with Crippen LogP contribution in [0.25, 0.3) is 0 Å². The summed E-state index contributed by atoms with van der Waals surface area (Å²) in [6, 6.07) is 4.53. The molecule has 0 saturated heterocycles. The van der Waals surface area contributed by atoms with Crippen LogP contribution in [-0.2, 0) is 4.79 Å². The van der Waals surface area contributed by atoms with Crippen LogP contribution in [0.5, 0.6) is 0 Å². The summed E-state index contributed by atoms with van der Waals surface area (Å²) in [6.07, 6.45) is 2.31. The van der Waals surface area contributed by atoms with Gasteiger partial charge in [0, 0.05) is 4.47 Å². The molecule has 0 heterocycles. The molecule has 0 aliphatic rings. The first kappa shape index (κ1) is 16.0. The summed E-state index contributed by atoms with van der Waals surface area (Å²) < 4.78 is 0.657. The lowest BCUT2D eigenvalue weighted by Crippen LogP contribution is -2.41. The normalized spacial score (nSPS) is 11.9. The lowest BCUT2D eigenvalue weighted by molar-refractivity contribution is -0.139. The maximum Gasteiger partial charge on any atom is 0.326 e. The van der Waals surface area contributed by atoms with Gasteiger partial charge in [-0.3, -0.25) is 4.79 Å². The van der Waals surface area contributed by atoms with Gasteiger partial charge in [0.15, 0.2) is 0 Å². The van der Waals surface area contributed by atoms with Gasteiger partial charge in [-0.1, -0.05) is 11.6 Å². The van der Waals surface area contributed by atoms with Crippen molar-refractivity contribution in [3.05, 3.63) is 33.8 Å². The number of halogens is 1. The Morgan fingerprint density at radius 1 is 1.47 bits per heavy atom. The van der Waals surface area contributed by atoms with Gasteiger partial charge in [-0.2, -0.15) is 11.8 Å². The van der Waals surface area contributed by atoms with E-state index in [0.29, 0.717) is 22.2 Å². The fourth-order valence-corrected chi connectivity index (χ4v) is 2.44. The predicted molar refractivity (Wildman–Crippen MR) is 80.8 cm³/mol. The SMILES string of the molecule is CSCC[C@@H](NC(=O)c1cc(C)ccc1Br)C(=O)O. The minimum Gasteiger partial charge on any atom is -0.480 e. The van der Waals surface area contributed by atoms with Crippen molar-refractivity contribution >= 4 is 39.6 Å². The Morgan fingerprint density at radius 2 is 2.16 bits per heavy atom. The van der Waals surface area contributed by atoms with Gasteiger partial charge in [0.2, 0.25) is 0 Å². The third-order valence-corrected chi connectivity index (χ3v) is 3.92. The fraction of sp³-hybridized carbons (Fsp3) is 0.385. The number of hydrogen-bond acceptors (Lipinski definition) is 3. The van der Waals surface area contributed by atoms with Crippen LogP contribution < -0.4 is 5.32 Å². The molecule has 1 aromatic rings. The molecule has 19 heavy (non-hydrogen) atoms. The van der Waals surface area contributed by atoms with Crippen LogP contribution in [-0.4, -0.2) is 35.0 Å². The number of carboxylic acids is 1. The Labute approximate surface area is 125 Å². The standard InChI is InChI=1S/C13H16BrNO3S/c1-8-3-4-10(14)9(7-8)12(16)15-11(13(17)18)5-6-19-2/h3-4,7,11H,5-6H2,1-2H3,(H,15,16)(H,17,18)/t11-/m1/s1. The second-order valence-electron chi connectivity index (χ2n) is 4.13. The van der Waals surface area contributed by atoms with Gasteiger partial charge in [-0.15, -0.1) is 0 Å². The summed E-state index contributed by atoms with van der Waals surface area (Å²) in [5.74, 6) is -0.693. The highest BCUT2D eigenvalue weighted by atomic mass is 79.9. The number of benzene rings is 1. The van der Waals surface area contributed by atoms with Crippen molar-refractivity contribution in [3.8, 4) is 0 Å². The second-order valence-corrected chi connectivity index (χ2v) is 5.97. The molecule has 0 unspecified atom stereocenters. The molecular formula is C13H16BrNO3S. The molecule has 0 radical (unpaired) electrons. The van der Waals surface area contributed by atoms with Gasteiger partial charge in [-0.25, -0.2) is 4.79 Å². The highest BCUT2D eigenvalue weighted by molar-refractivity contribution is 9.10. The smallest absolute Gasteiger partial charge is 0.326 e. The van der Waals surface area contributed by atoms with Crippen molar-refractivity contribution in [3.63, 3.8) is 0 Å². The van der Waals surface area contributed by atoms with Crippen molar-refractivity contribution < 1.29 is 14.7 Å². The molecule has 1 amide bonds. The first-order valence-corrected chi connectivity index (χ1v) is 7.93. The Morgan fingerprint density at radius 3 is 2.74 bits per heavy atom. The van der Waals surface area contributed by atoms with Gasteiger partial charge in [0.1, 0.15) is 6.04 Å².